The van der Waals surface area contributed by atoms with E-state index in [1.54, 1.807) is 7.11 Å². The molecule has 3 heterocycles. The molecule has 2 aliphatic heterocycles. The third-order valence-electron chi connectivity index (χ3n) is 4.63. The fraction of sp³-hybridized carbons (Fsp3) is 0.529. The number of methoxy groups -OCH3 is 1. The van der Waals surface area contributed by atoms with Gasteiger partial charge in [0.1, 0.15) is 23.9 Å². The van der Waals surface area contributed by atoms with Crippen molar-refractivity contribution in [3.05, 3.63) is 47.8 Å². The van der Waals surface area contributed by atoms with Crippen LogP contribution in [-0.4, -0.2) is 53.6 Å². The summed E-state index contributed by atoms with van der Waals surface area (Å²) in [6.45, 7) is 2.52. The number of hydrogen-bond donors (Lipinski definition) is 1. The first-order chi connectivity index (χ1) is 11.8. The topological polar surface area (TPSA) is 70.4 Å². The summed E-state index contributed by atoms with van der Waals surface area (Å²) in [5.41, 5.74) is 2.08. The minimum atomic E-state index is 0.00960. The molecule has 128 valence electrons. The predicted molar refractivity (Wildman–Crippen MR) is 86.3 cm³/mol. The Balaban J connectivity index is 1.38. The standard InChI is InChI=1S/C17H22N4O3/c1-22-9-13-8-21(20-19-13)15-11-24-16-14(10-23-17(15)16)18-7-12-5-3-2-4-6-12/h2-6,8,14-18H,7,9-11H2,1H3/t14-,15-,16+,17+/m0/s1. The van der Waals surface area contributed by atoms with Crippen molar-refractivity contribution in [2.75, 3.05) is 20.3 Å². The Morgan fingerprint density at radius 2 is 2.04 bits per heavy atom. The van der Waals surface area contributed by atoms with Gasteiger partial charge in [-0.25, -0.2) is 4.68 Å². The second-order valence-electron chi connectivity index (χ2n) is 6.26. The van der Waals surface area contributed by atoms with Gasteiger partial charge in [-0.1, -0.05) is 35.5 Å². The highest BCUT2D eigenvalue weighted by Crippen LogP contribution is 2.34. The molecule has 24 heavy (non-hydrogen) atoms. The van der Waals surface area contributed by atoms with Crippen molar-refractivity contribution in [1.29, 1.82) is 0 Å². The Hall–Kier alpha value is -1.80. The Kier molecular flexibility index (Phi) is 4.57. The third-order valence-corrected chi connectivity index (χ3v) is 4.63. The maximum absolute atomic E-state index is 6.01. The van der Waals surface area contributed by atoms with E-state index in [4.69, 9.17) is 14.2 Å². The van der Waals surface area contributed by atoms with Crippen LogP contribution >= 0.6 is 0 Å². The normalized spacial score (nSPS) is 29.0. The van der Waals surface area contributed by atoms with E-state index in [-0.39, 0.29) is 24.3 Å². The Bertz CT molecular complexity index is 663. The predicted octanol–water partition coefficient (Wildman–Crippen LogP) is 0.922. The van der Waals surface area contributed by atoms with E-state index in [2.05, 4.69) is 39.9 Å². The molecule has 0 unspecified atom stereocenters. The van der Waals surface area contributed by atoms with Crippen LogP contribution in [0.25, 0.3) is 0 Å². The van der Waals surface area contributed by atoms with Crippen molar-refractivity contribution in [3.8, 4) is 0 Å². The Labute approximate surface area is 140 Å². The van der Waals surface area contributed by atoms with E-state index in [1.165, 1.54) is 5.56 Å². The summed E-state index contributed by atoms with van der Waals surface area (Å²) in [5, 5.41) is 11.9. The second-order valence-corrected chi connectivity index (χ2v) is 6.26. The number of nitrogens with one attached hydrogen (secondary N) is 1. The van der Waals surface area contributed by atoms with Crippen LogP contribution in [0.15, 0.2) is 36.5 Å². The number of ether oxygens (including phenoxy) is 3. The van der Waals surface area contributed by atoms with E-state index < -0.39 is 0 Å². The maximum atomic E-state index is 6.01. The highest BCUT2D eigenvalue weighted by atomic mass is 16.6. The van der Waals surface area contributed by atoms with Gasteiger partial charge in [0, 0.05) is 13.7 Å². The van der Waals surface area contributed by atoms with Crippen molar-refractivity contribution < 1.29 is 14.2 Å². The van der Waals surface area contributed by atoms with Gasteiger partial charge in [-0.15, -0.1) is 5.10 Å². The average molecular weight is 330 g/mol. The highest BCUT2D eigenvalue weighted by molar-refractivity contribution is 5.14. The second kappa shape index (κ2) is 6.98. The molecule has 0 amide bonds. The molecule has 4 rings (SSSR count). The molecule has 2 fully saturated rings. The number of fused-ring (bicyclic) bond motifs is 1. The molecule has 0 saturated carbocycles. The quantitative estimate of drug-likeness (QED) is 0.849. The molecule has 1 aromatic carbocycles. The van der Waals surface area contributed by atoms with E-state index >= 15 is 0 Å². The van der Waals surface area contributed by atoms with Gasteiger partial charge < -0.3 is 19.5 Å². The maximum Gasteiger partial charge on any atom is 0.110 e. The zero-order valence-corrected chi connectivity index (χ0v) is 13.7. The molecule has 2 aliphatic rings. The van der Waals surface area contributed by atoms with Gasteiger partial charge in [0.25, 0.3) is 0 Å². The number of hydrogen-bond acceptors (Lipinski definition) is 6. The summed E-state index contributed by atoms with van der Waals surface area (Å²) < 4.78 is 19.0. The van der Waals surface area contributed by atoms with Crippen LogP contribution in [-0.2, 0) is 27.4 Å². The van der Waals surface area contributed by atoms with Gasteiger partial charge >= 0.3 is 0 Å². The molecular weight excluding hydrogens is 308 g/mol. The van der Waals surface area contributed by atoms with Crippen LogP contribution in [0.1, 0.15) is 17.3 Å². The van der Waals surface area contributed by atoms with Gasteiger partial charge in [-0.2, -0.15) is 0 Å². The van der Waals surface area contributed by atoms with Crippen molar-refractivity contribution in [2.24, 2.45) is 0 Å². The minimum absolute atomic E-state index is 0.00960. The van der Waals surface area contributed by atoms with Crippen LogP contribution in [0.4, 0.5) is 0 Å². The number of benzene rings is 1. The van der Waals surface area contributed by atoms with Gasteiger partial charge in [-0.3, -0.25) is 0 Å². The van der Waals surface area contributed by atoms with Crippen molar-refractivity contribution in [1.82, 2.24) is 20.3 Å². The minimum Gasteiger partial charge on any atom is -0.378 e. The smallest absolute Gasteiger partial charge is 0.110 e. The Morgan fingerprint density at radius 3 is 2.88 bits per heavy atom. The van der Waals surface area contributed by atoms with E-state index in [1.807, 2.05) is 16.9 Å². The zero-order valence-electron chi connectivity index (χ0n) is 13.7. The molecule has 7 nitrogen and oxygen atoms in total. The molecule has 7 heteroatoms. The summed E-state index contributed by atoms with van der Waals surface area (Å²) in [7, 11) is 1.65. The summed E-state index contributed by atoms with van der Waals surface area (Å²) in [6.07, 6.45) is 1.97. The van der Waals surface area contributed by atoms with E-state index in [0.29, 0.717) is 19.8 Å². The molecule has 2 saturated heterocycles. The van der Waals surface area contributed by atoms with E-state index in [0.717, 1.165) is 12.2 Å². The molecule has 4 atom stereocenters. The Morgan fingerprint density at radius 1 is 1.21 bits per heavy atom. The number of nitrogens with zero attached hydrogens (tertiary/aromatic N) is 3. The first kappa shape index (κ1) is 15.7. The summed E-state index contributed by atoms with van der Waals surface area (Å²) in [5.74, 6) is 0. The van der Waals surface area contributed by atoms with Crippen LogP contribution in [0.2, 0.25) is 0 Å². The zero-order chi connectivity index (χ0) is 16.4. The van der Waals surface area contributed by atoms with E-state index in [9.17, 15) is 0 Å². The first-order valence-corrected chi connectivity index (χ1v) is 8.25. The highest BCUT2D eigenvalue weighted by Gasteiger charge is 2.48. The molecule has 0 radical (unpaired) electrons. The lowest BCUT2D eigenvalue weighted by molar-refractivity contribution is 0.0619. The third kappa shape index (κ3) is 3.08. The lowest BCUT2D eigenvalue weighted by Gasteiger charge is -2.17. The monoisotopic (exact) mass is 330 g/mol. The summed E-state index contributed by atoms with van der Waals surface area (Å²) >= 11 is 0. The fourth-order valence-electron chi connectivity index (χ4n) is 3.42. The van der Waals surface area contributed by atoms with Crippen LogP contribution in [0, 0.1) is 0 Å². The van der Waals surface area contributed by atoms with Crippen LogP contribution in [0.3, 0.4) is 0 Å². The van der Waals surface area contributed by atoms with Crippen molar-refractivity contribution in [3.63, 3.8) is 0 Å². The van der Waals surface area contributed by atoms with Gasteiger partial charge in [0.05, 0.1) is 32.1 Å². The van der Waals surface area contributed by atoms with Crippen LogP contribution in [0.5, 0.6) is 0 Å². The summed E-state index contributed by atoms with van der Waals surface area (Å²) in [4.78, 5) is 0. The fourth-order valence-corrected chi connectivity index (χ4v) is 3.42. The van der Waals surface area contributed by atoms with Crippen LogP contribution < -0.4 is 5.32 Å². The van der Waals surface area contributed by atoms with Gasteiger partial charge in [0.2, 0.25) is 0 Å². The van der Waals surface area contributed by atoms with Crippen molar-refractivity contribution in [2.45, 2.75) is 37.4 Å². The SMILES string of the molecule is COCc1cn([C@H]2CO[C@H]3[C@@H]2OC[C@@H]3NCc2ccccc2)nn1. The molecule has 0 spiro atoms. The molecular formula is C17H22N4O3. The molecule has 0 bridgehead atoms. The lowest BCUT2D eigenvalue weighted by Crippen LogP contribution is -2.40. The first-order valence-electron chi connectivity index (χ1n) is 8.25. The molecule has 2 aromatic rings. The summed E-state index contributed by atoms with van der Waals surface area (Å²) in [6, 6.07) is 10.6. The molecule has 0 aliphatic carbocycles. The number of aromatic nitrogens is 3. The molecule has 1 N–H and O–H groups in total. The number of rotatable bonds is 6. The van der Waals surface area contributed by atoms with Crippen molar-refractivity contribution >= 4 is 0 Å². The largest absolute Gasteiger partial charge is 0.378 e. The lowest BCUT2D eigenvalue weighted by atomic mass is 10.1. The van der Waals surface area contributed by atoms with Gasteiger partial charge in [-0.05, 0) is 5.56 Å². The van der Waals surface area contributed by atoms with Gasteiger partial charge in [0.15, 0.2) is 0 Å². The average Bonchev–Trinajstić information content (AvgIpc) is 3.31. The molecule has 1 aromatic heterocycles.